The first-order chi connectivity index (χ1) is 9.51. The van der Waals surface area contributed by atoms with Gasteiger partial charge in [0.25, 0.3) is 0 Å². The van der Waals surface area contributed by atoms with Gasteiger partial charge < -0.3 is 4.74 Å². The third-order valence-electron chi connectivity index (χ3n) is 2.70. The Kier molecular flexibility index (Phi) is 4.47. The summed E-state index contributed by atoms with van der Waals surface area (Å²) in [5.74, 6) is 0.893. The fourth-order valence-corrected chi connectivity index (χ4v) is 2.13. The van der Waals surface area contributed by atoms with Crippen molar-refractivity contribution in [3.8, 4) is 11.5 Å². The molecule has 104 valence electrons. The van der Waals surface area contributed by atoms with E-state index in [4.69, 9.17) is 27.9 Å². The van der Waals surface area contributed by atoms with Gasteiger partial charge in [-0.1, -0.05) is 29.3 Å². The molecule has 0 aliphatic carbocycles. The van der Waals surface area contributed by atoms with Crippen molar-refractivity contribution in [3.63, 3.8) is 0 Å². The van der Waals surface area contributed by atoms with E-state index in [-0.39, 0.29) is 22.3 Å². The van der Waals surface area contributed by atoms with Crippen LogP contribution in [0.25, 0.3) is 0 Å². The van der Waals surface area contributed by atoms with E-state index >= 15 is 0 Å². The maximum Gasteiger partial charge on any atom is 0.313 e. The highest BCUT2D eigenvalue weighted by Gasteiger charge is 2.17. The van der Waals surface area contributed by atoms with Crippen LogP contribution in [0.1, 0.15) is 11.1 Å². The summed E-state index contributed by atoms with van der Waals surface area (Å²) < 4.78 is 5.62. The predicted molar refractivity (Wildman–Crippen MR) is 78.9 cm³/mol. The molecule has 4 nitrogen and oxygen atoms in total. The number of ether oxygens (including phenoxy) is 1. The average molecular weight is 312 g/mol. The Morgan fingerprint density at radius 3 is 2.55 bits per heavy atom. The van der Waals surface area contributed by atoms with Gasteiger partial charge in [0.05, 0.1) is 10.8 Å². The van der Waals surface area contributed by atoms with Crippen LogP contribution in [0.15, 0.2) is 36.4 Å². The highest BCUT2D eigenvalue weighted by molar-refractivity contribution is 6.30. The summed E-state index contributed by atoms with van der Waals surface area (Å²) in [7, 11) is 0. The second-order valence-corrected chi connectivity index (χ2v) is 4.92. The molecule has 0 fully saturated rings. The molecule has 2 rings (SSSR count). The van der Waals surface area contributed by atoms with Crippen molar-refractivity contribution in [2.75, 3.05) is 0 Å². The molecular weight excluding hydrogens is 301 g/mol. The monoisotopic (exact) mass is 311 g/mol. The molecular formula is C14H11Cl2NO3. The summed E-state index contributed by atoms with van der Waals surface area (Å²) in [6.07, 6.45) is 0. The van der Waals surface area contributed by atoms with E-state index in [0.29, 0.717) is 5.75 Å². The van der Waals surface area contributed by atoms with E-state index < -0.39 is 4.92 Å². The molecule has 0 spiro atoms. The molecule has 0 aliphatic rings. The number of alkyl halides is 1. The number of hydrogen-bond donors (Lipinski definition) is 0. The molecule has 0 saturated carbocycles. The molecule has 0 aliphatic heterocycles. The van der Waals surface area contributed by atoms with Crippen LogP contribution in [0.5, 0.6) is 11.5 Å². The Balaban J connectivity index is 2.42. The van der Waals surface area contributed by atoms with E-state index in [1.165, 1.54) is 12.1 Å². The number of hydrogen-bond acceptors (Lipinski definition) is 3. The molecule has 0 amide bonds. The maximum absolute atomic E-state index is 11.0. The second-order valence-electron chi connectivity index (χ2n) is 4.22. The van der Waals surface area contributed by atoms with Gasteiger partial charge >= 0.3 is 5.69 Å². The number of halogens is 2. The van der Waals surface area contributed by atoms with Gasteiger partial charge in [0.15, 0.2) is 0 Å². The molecule has 0 radical (unpaired) electrons. The maximum atomic E-state index is 11.0. The first kappa shape index (κ1) is 14.6. The molecule has 0 bridgehead atoms. The lowest BCUT2D eigenvalue weighted by Crippen LogP contribution is -1.95. The summed E-state index contributed by atoms with van der Waals surface area (Å²) in [5, 5.41) is 11.3. The smallest absolute Gasteiger partial charge is 0.313 e. The van der Waals surface area contributed by atoms with Crippen LogP contribution in [-0.4, -0.2) is 4.92 Å². The lowest BCUT2D eigenvalue weighted by atomic mass is 10.1. The van der Waals surface area contributed by atoms with Crippen LogP contribution >= 0.6 is 23.2 Å². The van der Waals surface area contributed by atoms with Gasteiger partial charge in [-0.3, -0.25) is 10.1 Å². The fourth-order valence-electron chi connectivity index (χ4n) is 1.75. The minimum atomic E-state index is -0.532. The third-order valence-corrected chi connectivity index (χ3v) is 3.22. The van der Waals surface area contributed by atoms with Crippen molar-refractivity contribution < 1.29 is 9.66 Å². The Morgan fingerprint density at radius 1 is 1.20 bits per heavy atom. The largest absolute Gasteiger partial charge is 0.450 e. The first-order valence-corrected chi connectivity index (χ1v) is 6.70. The molecule has 0 atom stereocenters. The molecule has 20 heavy (non-hydrogen) atoms. The van der Waals surface area contributed by atoms with Gasteiger partial charge in [-0.15, -0.1) is 11.6 Å². The van der Waals surface area contributed by atoms with E-state index in [1.54, 1.807) is 12.1 Å². The van der Waals surface area contributed by atoms with Gasteiger partial charge in [-0.2, -0.15) is 0 Å². The van der Waals surface area contributed by atoms with Gasteiger partial charge in [-0.25, -0.2) is 0 Å². The Morgan fingerprint density at radius 2 is 1.90 bits per heavy atom. The highest BCUT2D eigenvalue weighted by Crippen LogP contribution is 2.35. The third kappa shape index (κ3) is 3.21. The summed E-state index contributed by atoms with van der Waals surface area (Å²) in [4.78, 5) is 10.5. The SMILES string of the molecule is Cc1ccc(Oc2ccc(Cl)cc2[N+](=O)[O-])c(CCl)c1. The van der Waals surface area contributed by atoms with Crippen molar-refractivity contribution in [1.29, 1.82) is 0 Å². The van der Waals surface area contributed by atoms with Gasteiger partial charge in [0, 0.05) is 16.7 Å². The summed E-state index contributed by atoms with van der Waals surface area (Å²) >= 11 is 11.6. The van der Waals surface area contributed by atoms with Gasteiger partial charge in [0.2, 0.25) is 5.75 Å². The zero-order valence-corrected chi connectivity index (χ0v) is 12.1. The molecule has 2 aromatic rings. The zero-order chi connectivity index (χ0) is 14.7. The Hall–Kier alpha value is -1.78. The Labute approximate surface area is 126 Å². The lowest BCUT2D eigenvalue weighted by Gasteiger charge is -2.10. The zero-order valence-electron chi connectivity index (χ0n) is 10.6. The van der Waals surface area contributed by atoms with Gasteiger partial charge in [-0.05, 0) is 25.1 Å². The van der Waals surface area contributed by atoms with Crippen LogP contribution in [0.4, 0.5) is 5.69 Å². The van der Waals surface area contributed by atoms with Crippen molar-refractivity contribution >= 4 is 28.9 Å². The van der Waals surface area contributed by atoms with Crippen LogP contribution in [0.3, 0.4) is 0 Å². The Bertz CT molecular complexity index is 659. The van der Waals surface area contributed by atoms with Gasteiger partial charge in [0.1, 0.15) is 5.75 Å². The van der Waals surface area contributed by atoms with Crippen LogP contribution in [0.2, 0.25) is 5.02 Å². The van der Waals surface area contributed by atoms with E-state index in [9.17, 15) is 10.1 Å². The number of nitro benzene ring substituents is 1. The molecule has 0 N–H and O–H groups in total. The molecule has 2 aromatic carbocycles. The fraction of sp³-hybridized carbons (Fsp3) is 0.143. The van der Waals surface area contributed by atoms with E-state index in [0.717, 1.165) is 11.1 Å². The van der Waals surface area contributed by atoms with Crippen LogP contribution in [0, 0.1) is 17.0 Å². The van der Waals surface area contributed by atoms with Crippen LogP contribution in [-0.2, 0) is 5.88 Å². The topological polar surface area (TPSA) is 52.4 Å². The van der Waals surface area contributed by atoms with Crippen LogP contribution < -0.4 is 4.74 Å². The number of benzene rings is 2. The lowest BCUT2D eigenvalue weighted by molar-refractivity contribution is -0.385. The molecule has 6 heteroatoms. The van der Waals surface area contributed by atoms with Crippen molar-refractivity contribution in [2.24, 2.45) is 0 Å². The van der Waals surface area contributed by atoms with E-state index in [1.807, 2.05) is 19.1 Å². The summed E-state index contributed by atoms with van der Waals surface area (Å²) in [6.45, 7) is 1.94. The number of nitro groups is 1. The number of nitrogens with zero attached hydrogens (tertiary/aromatic N) is 1. The van der Waals surface area contributed by atoms with Crippen molar-refractivity contribution in [1.82, 2.24) is 0 Å². The molecule has 0 heterocycles. The minimum Gasteiger partial charge on any atom is -0.450 e. The predicted octanol–water partition coefficient (Wildman–Crippen LogP) is 5.09. The average Bonchev–Trinajstić information content (AvgIpc) is 2.42. The minimum absolute atomic E-state index is 0.134. The van der Waals surface area contributed by atoms with Crippen molar-refractivity contribution in [3.05, 3.63) is 62.7 Å². The summed E-state index contributed by atoms with van der Waals surface area (Å²) in [5.41, 5.74) is 1.63. The van der Waals surface area contributed by atoms with E-state index in [2.05, 4.69) is 0 Å². The normalized spacial score (nSPS) is 10.3. The van der Waals surface area contributed by atoms with Crippen molar-refractivity contribution in [2.45, 2.75) is 12.8 Å². The second kappa shape index (κ2) is 6.11. The standard InChI is InChI=1S/C14H11Cl2NO3/c1-9-2-4-13(10(6-9)8-15)20-14-5-3-11(16)7-12(14)17(18)19/h2-7H,8H2,1H3. The summed E-state index contributed by atoms with van der Waals surface area (Å²) in [6, 6.07) is 9.74. The first-order valence-electron chi connectivity index (χ1n) is 5.78. The molecule has 0 aromatic heterocycles. The molecule has 0 saturated heterocycles. The quantitative estimate of drug-likeness (QED) is 0.449. The highest BCUT2D eigenvalue weighted by atomic mass is 35.5. The number of aryl methyl sites for hydroxylation is 1. The number of rotatable bonds is 4. The molecule has 0 unspecified atom stereocenters.